The van der Waals surface area contributed by atoms with Gasteiger partial charge >= 0.3 is 0 Å². The van der Waals surface area contributed by atoms with Gasteiger partial charge in [-0.1, -0.05) is 61.5 Å². The van der Waals surface area contributed by atoms with Crippen molar-refractivity contribution < 1.29 is 14.0 Å². The third-order valence-electron chi connectivity index (χ3n) is 5.10. The van der Waals surface area contributed by atoms with Crippen LogP contribution in [-0.2, 0) is 17.8 Å². The first-order chi connectivity index (χ1) is 14.5. The quantitative estimate of drug-likeness (QED) is 0.389. The molecule has 1 aromatic heterocycles. The van der Waals surface area contributed by atoms with E-state index in [1.807, 2.05) is 43.3 Å². The third kappa shape index (κ3) is 5.38. The standard InChI is InChI=1S/C25H25FN2O2/c1-3-24(30)28(2)17-18-6-8-19(9-7-18)20-10-12-21(13-11-20)23(29)15-14-22-5-4-16-27-25(22)26/h4-13,16H,3,14-15,17H2,1-2H3. The van der Waals surface area contributed by atoms with Gasteiger partial charge in [0.15, 0.2) is 5.78 Å². The van der Waals surface area contributed by atoms with Gasteiger partial charge in [0, 0.05) is 43.8 Å². The molecule has 0 spiro atoms. The molecular weight excluding hydrogens is 379 g/mol. The number of aryl methyl sites for hydroxylation is 1. The van der Waals surface area contributed by atoms with Crippen LogP contribution in [0.4, 0.5) is 4.39 Å². The van der Waals surface area contributed by atoms with Gasteiger partial charge in [-0.15, -0.1) is 0 Å². The van der Waals surface area contributed by atoms with Crippen LogP contribution in [0.15, 0.2) is 66.9 Å². The van der Waals surface area contributed by atoms with Crippen molar-refractivity contribution in [2.75, 3.05) is 7.05 Å². The minimum atomic E-state index is -0.519. The van der Waals surface area contributed by atoms with Gasteiger partial charge in [0.1, 0.15) is 0 Å². The Hall–Kier alpha value is -3.34. The largest absolute Gasteiger partial charge is 0.341 e. The van der Waals surface area contributed by atoms with Crippen LogP contribution in [0.3, 0.4) is 0 Å². The topological polar surface area (TPSA) is 50.3 Å². The summed E-state index contributed by atoms with van der Waals surface area (Å²) in [7, 11) is 1.80. The molecule has 0 bridgehead atoms. The maximum absolute atomic E-state index is 13.6. The predicted octanol–water partition coefficient (Wildman–Crippen LogP) is 5.07. The van der Waals surface area contributed by atoms with E-state index in [-0.39, 0.29) is 18.1 Å². The summed E-state index contributed by atoms with van der Waals surface area (Å²) in [5, 5.41) is 0. The fourth-order valence-electron chi connectivity index (χ4n) is 3.28. The van der Waals surface area contributed by atoms with E-state index >= 15 is 0 Å². The van der Waals surface area contributed by atoms with E-state index in [1.54, 1.807) is 36.2 Å². The molecule has 0 atom stereocenters. The number of carbonyl (C=O) groups excluding carboxylic acids is 2. The zero-order valence-corrected chi connectivity index (χ0v) is 17.3. The van der Waals surface area contributed by atoms with Gasteiger partial charge in [0.25, 0.3) is 0 Å². The molecule has 5 heteroatoms. The zero-order valence-electron chi connectivity index (χ0n) is 17.3. The highest BCUT2D eigenvalue weighted by molar-refractivity contribution is 5.96. The van der Waals surface area contributed by atoms with Crippen molar-refractivity contribution in [1.29, 1.82) is 0 Å². The highest BCUT2D eigenvalue weighted by Gasteiger charge is 2.10. The highest BCUT2D eigenvalue weighted by Crippen LogP contribution is 2.22. The van der Waals surface area contributed by atoms with Crippen LogP contribution in [0.1, 0.15) is 41.3 Å². The number of benzene rings is 2. The van der Waals surface area contributed by atoms with Crippen molar-refractivity contribution in [3.05, 3.63) is 89.5 Å². The lowest BCUT2D eigenvalue weighted by Crippen LogP contribution is -2.25. The Morgan fingerprint density at radius 1 is 0.967 bits per heavy atom. The van der Waals surface area contributed by atoms with Gasteiger partial charge < -0.3 is 4.90 Å². The third-order valence-corrected chi connectivity index (χ3v) is 5.10. The van der Waals surface area contributed by atoms with Crippen molar-refractivity contribution in [2.24, 2.45) is 0 Å². The van der Waals surface area contributed by atoms with Gasteiger partial charge in [-0.3, -0.25) is 9.59 Å². The summed E-state index contributed by atoms with van der Waals surface area (Å²) >= 11 is 0. The summed E-state index contributed by atoms with van der Waals surface area (Å²) in [5.74, 6) is -0.427. The van der Waals surface area contributed by atoms with Gasteiger partial charge in [-0.25, -0.2) is 4.98 Å². The minimum absolute atomic E-state index is 0.0243. The van der Waals surface area contributed by atoms with Crippen molar-refractivity contribution >= 4 is 11.7 Å². The summed E-state index contributed by atoms with van der Waals surface area (Å²) in [6.07, 6.45) is 2.46. The maximum atomic E-state index is 13.6. The number of nitrogens with zero attached hydrogens (tertiary/aromatic N) is 2. The molecule has 2 aromatic carbocycles. The summed E-state index contributed by atoms with van der Waals surface area (Å²) < 4.78 is 13.6. The molecule has 0 N–H and O–H groups in total. The van der Waals surface area contributed by atoms with E-state index in [2.05, 4.69) is 4.98 Å². The molecular formula is C25H25FN2O2. The first kappa shape index (κ1) is 21.4. The van der Waals surface area contributed by atoms with Crippen LogP contribution >= 0.6 is 0 Å². The normalized spacial score (nSPS) is 10.6. The van der Waals surface area contributed by atoms with Crippen LogP contribution in [0.25, 0.3) is 11.1 Å². The number of pyridine rings is 1. The molecule has 0 aliphatic carbocycles. The Labute approximate surface area is 176 Å². The molecule has 1 amide bonds. The number of amides is 1. The summed E-state index contributed by atoms with van der Waals surface area (Å²) in [6, 6.07) is 18.8. The number of halogens is 1. The molecule has 3 rings (SSSR count). The zero-order chi connectivity index (χ0) is 21.5. The first-order valence-corrected chi connectivity index (χ1v) is 10.0. The summed E-state index contributed by atoms with van der Waals surface area (Å²) in [5.41, 5.74) is 4.18. The number of ketones is 1. The molecule has 4 nitrogen and oxygen atoms in total. The lowest BCUT2D eigenvalue weighted by molar-refractivity contribution is -0.130. The lowest BCUT2D eigenvalue weighted by atomic mass is 9.99. The van der Waals surface area contributed by atoms with Crippen LogP contribution in [0.5, 0.6) is 0 Å². The van der Waals surface area contributed by atoms with Gasteiger partial charge in [-0.2, -0.15) is 4.39 Å². The maximum Gasteiger partial charge on any atom is 0.222 e. The van der Waals surface area contributed by atoms with Crippen molar-refractivity contribution in [1.82, 2.24) is 9.88 Å². The Morgan fingerprint density at radius 2 is 1.60 bits per heavy atom. The molecule has 0 aliphatic rings. The Balaban J connectivity index is 1.61. The van der Waals surface area contributed by atoms with Crippen LogP contribution < -0.4 is 0 Å². The monoisotopic (exact) mass is 404 g/mol. The average molecular weight is 404 g/mol. The SMILES string of the molecule is CCC(=O)N(C)Cc1ccc(-c2ccc(C(=O)CCc3cccnc3F)cc2)cc1. The molecule has 1 heterocycles. The van der Waals surface area contributed by atoms with Crippen molar-refractivity contribution in [3.63, 3.8) is 0 Å². The molecule has 0 unspecified atom stereocenters. The number of hydrogen-bond donors (Lipinski definition) is 0. The van der Waals surface area contributed by atoms with E-state index in [4.69, 9.17) is 0 Å². The predicted molar refractivity (Wildman–Crippen MR) is 115 cm³/mol. The lowest BCUT2D eigenvalue weighted by Gasteiger charge is -2.16. The van der Waals surface area contributed by atoms with Gasteiger partial charge in [0.05, 0.1) is 0 Å². The Bertz CT molecular complexity index is 1010. The van der Waals surface area contributed by atoms with Crippen molar-refractivity contribution in [2.45, 2.75) is 32.7 Å². The molecule has 3 aromatic rings. The molecule has 0 aliphatic heterocycles. The van der Waals surface area contributed by atoms with E-state index in [0.29, 0.717) is 30.5 Å². The highest BCUT2D eigenvalue weighted by atomic mass is 19.1. The fraction of sp³-hybridized carbons (Fsp3) is 0.240. The number of aromatic nitrogens is 1. The number of hydrogen-bond acceptors (Lipinski definition) is 3. The second-order valence-electron chi connectivity index (χ2n) is 7.25. The summed E-state index contributed by atoms with van der Waals surface area (Å²) in [4.78, 5) is 29.5. The van der Waals surface area contributed by atoms with E-state index in [1.165, 1.54) is 6.20 Å². The fourth-order valence-corrected chi connectivity index (χ4v) is 3.28. The van der Waals surface area contributed by atoms with Crippen LogP contribution in [-0.4, -0.2) is 28.6 Å². The molecule has 30 heavy (non-hydrogen) atoms. The second kappa shape index (κ2) is 9.92. The number of carbonyl (C=O) groups is 2. The number of rotatable bonds is 8. The van der Waals surface area contributed by atoms with Crippen LogP contribution in [0.2, 0.25) is 0 Å². The van der Waals surface area contributed by atoms with Crippen LogP contribution in [0, 0.1) is 5.95 Å². The van der Waals surface area contributed by atoms with Gasteiger partial charge in [-0.05, 0) is 29.2 Å². The van der Waals surface area contributed by atoms with E-state index < -0.39 is 5.95 Å². The Kier molecular flexibility index (Phi) is 7.07. The smallest absolute Gasteiger partial charge is 0.222 e. The molecule has 0 radical (unpaired) electrons. The van der Waals surface area contributed by atoms with Crippen molar-refractivity contribution in [3.8, 4) is 11.1 Å². The molecule has 0 saturated heterocycles. The number of Topliss-reactive ketones (excluding diaryl/α,β-unsaturated/α-hetero) is 1. The summed E-state index contributed by atoms with van der Waals surface area (Å²) in [6.45, 7) is 2.44. The van der Waals surface area contributed by atoms with E-state index in [9.17, 15) is 14.0 Å². The van der Waals surface area contributed by atoms with Gasteiger partial charge in [0.2, 0.25) is 11.9 Å². The second-order valence-corrected chi connectivity index (χ2v) is 7.25. The first-order valence-electron chi connectivity index (χ1n) is 10.0. The Morgan fingerprint density at radius 3 is 2.20 bits per heavy atom. The van der Waals surface area contributed by atoms with E-state index in [0.717, 1.165) is 16.7 Å². The molecule has 0 fully saturated rings. The minimum Gasteiger partial charge on any atom is -0.341 e. The molecule has 154 valence electrons. The average Bonchev–Trinajstić information content (AvgIpc) is 2.78. The molecule has 0 saturated carbocycles.